The number of rotatable bonds is 6. The third-order valence-corrected chi connectivity index (χ3v) is 23.3. The zero-order valence-electron chi connectivity index (χ0n) is 30.8. The Morgan fingerprint density at radius 1 is 0.696 bits per heavy atom. The number of anilines is 1. The van der Waals surface area contributed by atoms with Crippen molar-refractivity contribution in [3.63, 3.8) is 0 Å². The van der Waals surface area contributed by atoms with E-state index < -0.39 is 58.5 Å². The largest absolute Gasteiger partial charge is 0.381 e. The number of methoxy groups -OCH3 is 1. The first-order valence-electron chi connectivity index (χ1n) is 18.5. The molecule has 3 aromatic rings. The van der Waals surface area contributed by atoms with Gasteiger partial charge < -0.3 is 19.4 Å². The molecule has 2 spiro atoms. The van der Waals surface area contributed by atoms with E-state index >= 15 is 27.6 Å². The summed E-state index contributed by atoms with van der Waals surface area (Å²) in [6.07, 6.45) is -0.183. The third-order valence-electron chi connectivity index (χ3n) is 14.2. The summed E-state index contributed by atoms with van der Waals surface area (Å²) in [4.78, 5) is 62.3. The molecule has 290 valence electrons. The van der Waals surface area contributed by atoms with E-state index in [2.05, 4.69) is 12.1 Å². The maximum atomic E-state index is 15.6. The molecular weight excluding hydrogens is 811 g/mol. The molecule has 0 aromatic heterocycles. The summed E-state index contributed by atoms with van der Waals surface area (Å²) in [6.45, 7) is 1.82. The topological polar surface area (TPSA) is 128 Å². The summed E-state index contributed by atoms with van der Waals surface area (Å²) in [7, 11) is 5.87. The Kier molecular flexibility index (Phi) is 7.04. The normalized spacial score (nSPS) is 38.6. The summed E-state index contributed by atoms with van der Waals surface area (Å²) < 4.78 is 38.1. The number of likely N-dealkylation sites (N-methyl/N-ethyl adjacent to an activating group) is 2. The van der Waals surface area contributed by atoms with Gasteiger partial charge in [-0.15, -0.1) is 0 Å². The van der Waals surface area contributed by atoms with Gasteiger partial charge >= 0.3 is 0 Å². The number of hydrogen-bond donors (Lipinski definition) is 0. The highest BCUT2D eigenvalue weighted by molar-refractivity contribution is 8.78. The van der Waals surface area contributed by atoms with Crippen LogP contribution in [0.5, 0.6) is 0 Å². The molecule has 17 heteroatoms. The number of sulfonamides is 1. The van der Waals surface area contributed by atoms with Gasteiger partial charge in [0.05, 0.1) is 22.6 Å². The molecule has 56 heavy (non-hydrogen) atoms. The van der Waals surface area contributed by atoms with E-state index in [1.54, 1.807) is 66.4 Å². The van der Waals surface area contributed by atoms with Crippen LogP contribution in [0.1, 0.15) is 42.9 Å². The van der Waals surface area contributed by atoms with E-state index in [4.69, 9.17) is 4.74 Å². The van der Waals surface area contributed by atoms with Crippen molar-refractivity contribution in [1.82, 2.24) is 19.6 Å². The van der Waals surface area contributed by atoms with E-state index in [1.165, 1.54) is 59.5 Å². The van der Waals surface area contributed by atoms with E-state index in [0.717, 1.165) is 11.1 Å². The van der Waals surface area contributed by atoms with Gasteiger partial charge in [0.15, 0.2) is 14.6 Å². The average molecular weight is 848 g/mol. The molecule has 12 nitrogen and oxygen atoms in total. The van der Waals surface area contributed by atoms with Crippen LogP contribution < -0.4 is 4.31 Å². The quantitative estimate of drug-likeness (QED) is 0.329. The number of carbonyl (C=O) groups excluding carboxylic acids is 4. The fraction of sp³-hybridized carbons (Fsp3) is 0.436. The minimum absolute atomic E-state index is 0.0454. The number of hydrogen-bond acceptors (Lipinski definition) is 11. The predicted octanol–water partition coefficient (Wildman–Crippen LogP) is 4.36. The second kappa shape index (κ2) is 11.0. The first-order chi connectivity index (χ1) is 26.8. The summed E-state index contributed by atoms with van der Waals surface area (Å²) in [5.74, 6) is -1.01. The number of piperazine rings is 2. The molecule has 8 atom stereocenters. The molecule has 1 unspecified atom stereocenters. The lowest BCUT2D eigenvalue weighted by Crippen LogP contribution is -2.78. The SMILES string of the molecule is CC[C@]12SS[C@@]3(C[C@]4(C56C[C@@]78SS[C@@](COC)(C(=O)N7[C@H]5N(S(=O)(=O)c5ccccc5)c5ccccc56)N(C)C8=O)c5ccccc5C[C@@H]4N3C1=O)C(=O)N2C. The number of para-hydroxylation sites is 1. The molecule has 1 aliphatic carbocycles. The Morgan fingerprint density at radius 3 is 1.96 bits per heavy atom. The van der Waals surface area contributed by atoms with Gasteiger partial charge in [0.2, 0.25) is 4.87 Å². The van der Waals surface area contributed by atoms with Crippen LogP contribution in [-0.2, 0) is 51.2 Å². The molecule has 10 aliphatic rings. The number of ether oxygens (including phenoxy) is 1. The summed E-state index contributed by atoms with van der Waals surface area (Å²) in [5.41, 5.74) is 0.538. The summed E-state index contributed by atoms with van der Waals surface area (Å²) >= 11 is 0. The molecule has 9 aliphatic heterocycles. The van der Waals surface area contributed by atoms with Crippen LogP contribution in [0, 0.1) is 0 Å². The van der Waals surface area contributed by atoms with Crippen LogP contribution in [0.15, 0.2) is 83.8 Å². The van der Waals surface area contributed by atoms with Gasteiger partial charge in [-0.25, -0.2) is 12.7 Å². The van der Waals surface area contributed by atoms with Crippen molar-refractivity contribution in [2.75, 3.05) is 32.1 Å². The summed E-state index contributed by atoms with van der Waals surface area (Å²) in [5, 5.41) is 0. The molecule has 8 saturated heterocycles. The molecule has 0 radical (unpaired) electrons. The minimum atomic E-state index is -4.42. The number of carbonyl (C=O) groups is 4. The highest BCUT2D eigenvalue weighted by atomic mass is 33.1. The summed E-state index contributed by atoms with van der Waals surface area (Å²) in [6, 6.07) is 23.0. The highest BCUT2D eigenvalue weighted by Gasteiger charge is 2.88. The van der Waals surface area contributed by atoms with E-state index in [-0.39, 0.29) is 42.1 Å². The van der Waals surface area contributed by atoms with Crippen molar-refractivity contribution >= 4 is 82.5 Å². The van der Waals surface area contributed by atoms with Gasteiger partial charge in [0, 0.05) is 45.5 Å². The molecule has 0 N–H and O–H groups in total. The molecule has 3 aromatic carbocycles. The van der Waals surface area contributed by atoms with E-state index in [0.29, 0.717) is 24.1 Å². The van der Waals surface area contributed by atoms with Crippen molar-refractivity contribution in [2.24, 2.45) is 0 Å². The van der Waals surface area contributed by atoms with Crippen LogP contribution in [-0.4, -0.2) is 111 Å². The predicted molar refractivity (Wildman–Crippen MR) is 216 cm³/mol. The molecule has 4 bridgehead atoms. The van der Waals surface area contributed by atoms with Crippen LogP contribution >= 0.6 is 43.2 Å². The lowest BCUT2D eigenvalue weighted by molar-refractivity contribution is -0.167. The fourth-order valence-electron chi connectivity index (χ4n) is 11.9. The van der Waals surface area contributed by atoms with Crippen molar-refractivity contribution in [1.29, 1.82) is 0 Å². The van der Waals surface area contributed by atoms with Gasteiger partial charge in [-0.05, 0) is 58.5 Å². The van der Waals surface area contributed by atoms with Crippen molar-refractivity contribution in [3.8, 4) is 0 Å². The average Bonchev–Trinajstić information content (AvgIpc) is 3.89. The number of amides is 4. The zero-order valence-corrected chi connectivity index (χ0v) is 34.9. The van der Waals surface area contributed by atoms with Crippen molar-refractivity contribution in [2.45, 2.75) is 80.0 Å². The Balaban J connectivity index is 1.27. The van der Waals surface area contributed by atoms with Crippen LogP contribution in [0.4, 0.5) is 5.69 Å². The highest BCUT2D eigenvalue weighted by Crippen LogP contribution is 2.80. The Bertz CT molecular complexity index is 2460. The van der Waals surface area contributed by atoms with Gasteiger partial charge in [-0.1, -0.05) is 100.0 Å². The third kappa shape index (κ3) is 3.51. The maximum absolute atomic E-state index is 15.6. The lowest BCUT2D eigenvalue weighted by atomic mass is 9.53. The first kappa shape index (κ1) is 35.8. The fourth-order valence-corrected chi connectivity index (χ4v) is 21.2. The number of nitrogens with zero attached hydrogens (tertiary/aromatic N) is 5. The Labute approximate surface area is 340 Å². The van der Waals surface area contributed by atoms with E-state index in [1.807, 2.05) is 36.1 Å². The van der Waals surface area contributed by atoms with Gasteiger partial charge in [-0.3, -0.25) is 24.1 Å². The van der Waals surface area contributed by atoms with Crippen LogP contribution in [0.2, 0.25) is 0 Å². The standard InChI is InChI=1S/C39H37N5O7S5/c1-5-36-32(47)42-28-19-23-13-9-10-16-25(23)34(28,20-37(42,53-52-36)30(45)40(36)2)35-21-38-31(46)41(3)39(22-51-4,55-54-38)33(48)43(38)29(35)44(27-18-12-11-17-26(27)35)56(49,50)24-14-7-6-8-15-24/h6-18,28-29H,5,19-22H2,1-4H3/t28-,29-,34-,35?,36-,37-,38-,39-/m0/s1. The molecular formula is C39H37N5O7S5. The second-order valence-corrected chi connectivity index (χ2v) is 23.2. The van der Waals surface area contributed by atoms with Crippen molar-refractivity contribution < 1.29 is 32.3 Å². The molecule has 8 fully saturated rings. The van der Waals surface area contributed by atoms with Gasteiger partial charge in [-0.2, -0.15) is 0 Å². The Hall–Kier alpha value is -3.35. The lowest BCUT2D eigenvalue weighted by Gasteiger charge is -2.58. The van der Waals surface area contributed by atoms with E-state index in [9.17, 15) is 0 Å². The van der Waals surface area contributed by atoms with Gasteiger partial charge in [0.1, 0.15) is 6.17 Å². The molecule has 9 heterocycles. The minimum Gasteiger partial charge on any atom is -0.381 e. The van der Waals surface area contributed by atoms with Crippen molar-refractivity contribution in [3.05, 3.63) is 95.6 Å². The molecule has 4 amide bonds. The monoisotopic (exact) mass is 847 g/mol. The number of benzene rings is 3. The second-order valence-electron chi connectivity index (χ2n) is 16.0. The molecule has 0 saturated carbocycles. The Morgan fingerprint density at radius 2 is 1.27 bits per heavy atom. The maximum Gasteiger partial charge on any atom is 0.266 e. The van der Waals surface area contributed by atoms with Crippen LogP contribution in [0.3, 0.4) is 0 Å². The number of fused-ring (bicyclic) bond motifs is 11. The zero-order chi connectivity index (χ0) is 39.0. The smallest absolute Gasteiger partial charge is 0.266 e. The van der Waals surface area contributed by atoms with Crippen LogP contribution in [0.25, 0.3) is 0 Å². The first-order valence-corrected chi connectivity index (χ1v) is 24.3. The van der Waals surface area contributed by atoms with Gasteiger partial charge in [0.25, 0.3) is 33.7 Å². The molecule has 13 rings (SSSR count).